The maximum absolute atomic E-state index is 12.2. The maximum Gasteiger partial charge on any atom is 0.306 e. The van der Waals surface area contributed by atoms with E-state index in [1.807, 2.05) is 38.1 Å². The fourth-order valence-electron chi connectivity index (χ4n) is 2.93. The Morgan fingerprint density at radius 2 is 1.90 bits per heavy atom. The first-order valence-electron chi connectivity index (χ1n) is 7.07. The number of nitrogens with one attached hydrogen (secondary N) is 1. The third-order valence-electron chi connectivity index (χ3n) is 4.17. The second kappa shape index (κ2) is 6.07. The Hall–Kier alpha value is -1.84. The first-order valence-corrected chi connectivity index (χ1v) is 7.07. The van der Waals surface area contributed by atoms with E-state index in [9.17, 15) is 9.59 Å². The van der Waals surface area contributed by atoms with E-state index in [1.54, 1.807) is 0 Å². The largest absolute Gasteiger partial charge is 0.481 e. The molecule has 0 aliphatic heterocycles. The van der Waals surface area contributed by atoms with Crippen molar-refractivity contribution in [3.63, 3.8) is 0 Å². The molecule has 1 saturated carbocycles. The number of rotatable bonds is 4. The van der Waals surface area contributed by atoms with Crippen molar-refractivity contribution in [1.29, 1.82) is 0 Å². The van der Waals surface area contributed by atoms with Gasteiger partial charge in [-0.2, -0.15) is 0 Å². The lowest BCUT2D eigenvalue weighted by molar-refractivity contribution is -0.141. The van der Waals surface area contributed by atoms with Crippen LogP contribution >= 0.6 is 0 Å². The molecule has 2 N–H and O–H groups in total. The van der Waals surface area contributed by atoms with Gasteiger partial charge in [0.25, 0.3) is 0 Å². The molecule has 2 rings (SSSR count). The first-order chi connectivity index (χ1) is 9.49. The van der Waals surface area contributed by atoms with Crippen LogP contribution in [-0.2, 0) is 9.59 Å². The molecule has 4 nitrogen and oxygen atoms in total. The van der Waals surface area contributed by atoms with Crippen molar-refractivity contribution in [2.45, 2.75) is 39.2 Å². The first kappa shape index (κ1) is 14.6. The SMILES string of the molecule is Cc1ccccc1[C@H](C)NC(=O)[C@@H]1CC[C@H](C(=O)O)C1. The molecule has 0 heterocycles. The Morgan fingerprint density at radius 3 is 2.50 bits per heavy atom. The zero-order chi connectivity index (χ0) is 14.7. The fourth-order valence-corrected chi connectivity index (χ4v) is 2.93. The zero-order valence-electron chi connectivity index (χ0n) is 11.9. The van der Waals surface area contributed by atoms with Gasteiger partial charge < -0.3 is 10.4 Å². The van der Waals surface area contributed by atoms with Crippen LogP contribution in [0.15, 0.2) is 24.3 Å². The van der Waals surface area contributed by atoms with Crippen LogP contribution in [0.2, 0.25) is 0 Å². The van der Waals surface area contributed by atoms with Gasteiger partial charge in [-0.3, -0.25) is 9.59 Å². The van der Waals surface area contributed by atoms with Gasteiger partial charge in [-0.1, -0.05) is 24.3 Å². The minimum absolute atomic E-state index is 0.0236. The molecule has 0 radical (unpaired) electrons. The van der Waals surface area contributed by atoms with E-state index >= 15 is 0 Å². The van der Waals surface area contributed by atoms with Gasteiger partial charge in [0.15, 0.2) is 0 Å². The van der Waals surface area contributed by atoms with Gasteiger partial charge >= 0.3 is 5.97 Å². The van der Waals surface area contributed by atoms with Gasteiger partial charge in [0.1, 0.15) is 0 Å². The lowest BCUT2D eigenvalue weighted by atomic mass is 10.0. The van der Waals surface area contributed by atoms with Crippen molar-refractivity contribution >= 4 is 11.9 Å². The van der Waals surface area contributed by atoms with E-state index < -0.39 is 5.97 Å². The fraction of sp³-hybridized carbons (Fsp3) is 0.500. The molecule has 0 unspecified atom stereocenters. The molecule has 1 aromatic rings. The number of aryl methyl sites for hydroxylation is 1. The number of carboxylic acids is 1. The van der Waals surface area contributed by atoms with Gasteiger partial charge in [0, 0.05) is 5.92 Å². The number of benzene rings is 1. The Morgan fingerprint density at radius 1 is 1.25 bits per heavy atom. The van der Waals surface area contributed by atoms with Crippen LogP contribution in [0.1, 0.15) is 43.4 Å². The second-order valence-electron chi connectivity index (χ2n) is 5.63. The molecule has 1 aliphatic carbocycles. The Labute approximate surface area is 119 Å². The lowest BCUT2D eigenvalue weighted by Crippen LogP contribution is -2.32. The predicted octanol–water partition coefficient (Wildman–Crippen LogP) is 2.67. The Kier molecular flexibility index (Phi) is 4.42. The summed E-state index contributed by atoms with van der Waals surface area (Å²) in [5.41, 5.74) is 2.25. The summed E-state index contributed by atoms with van der Waals surface area (Å²) in [6.45, 7) is 3.98. The number of hydrogen-bond donors (Lipinski definition) is 2. The summed E-state index contributed by atoms with van der Waals surface area (Å²) in [7, 11) is 0. The van der Waals surface area contributed by atoms with E-state index in [0.29, 0.717) is 19.3 Å². The van der Waals surface area contributed by atoms with E-state index in [1.165, 1.54) is 0 Å². The standard InChI is InChI=1S/C16H21NO3/c1-10-5-3-4-6-14(10)11(2)17-15(18)12-7-8-13(9-12)16(19)20/h3-6,11-13H,7-9H2,1-2H3,(H,17,18)(H,19,20)/t11-,12+,13-/m0/s1. The summed E-state index contributed by atoms with van der Waals surface area (Å²) in [6, 6.07) is 7.92. The summed E-state index contributed by atoms with van der Waals surface area (Å²) in [6.07, 6.45) is 1.73. The molecular weight excluding hydrogens is 254 g/mol. The quantitative estimate of drug-likeness (QED) is 0.887. The van der Waals surface area contributed by atoms with Crippen LogP contribution in [0.5, 0.6) is 0 Å². The molecule has 20 heavy (non-hydrogen) atoms. The van der Waals surface area contributed by atoms with Crippen molar-refractivity contribution in [2.75, 3.05) is 0 Å². The number of aliphatic carboxylic acids is 1. The molecule has 108 valence electrons. The highest BCUT2D eigenvalue weighted by atomic mass is 16.4. The minimum atomic E-state index is -0.785. The highest BCUT2D eigenvalue weighted by Gasteiger charge is 2.34. The Balaban J connectivity index is 1.95. The monoisotopic (exact) mass is 275 g/mol. The van der Waals surface area contributed by atoms with Crippen molar-refractivity contribution in [1.82, 2.24) is 5.32 Å². The molecule has 0 spiro atoms. The average molecular weight is 275 g/mol. The number of carbonyl (C=O) groups is 2. The van der Waals surface area contributed by atoms with Crippen molar-refractivity contribution in [3.8, 4) is 0 Å². The highest BCUT2D eigenvalue weighted by Crippen LogP contribution is 2.31. The zero-order valence-corrected chi connectivity index (χ0v) is 11.9. The molecule has 1 amide bonds. The lowest BCUT2D eigenvalue weighted by Gasteiger charge is -2.19. The molecule has 0 bridgehead atoms. The molecule has 4 heteroatoms. The van der Waals surface area contributed by atoms with E-state index in [0.717, 1.165) is 11.1 Å². The minimum Gasteiger partial charge on any atom is -0.481 e. The number of carbonyl (C=O) groups excluding carboxylic acids is 1. The Bertz CT molecular complexity index is 512. The summed E-state index contributed by atoms with van der Waals surface area (Å²) >= 11 is 0. The third kappa shape index (κ3) is 3.18. The second-order valence-corrected chi connectivity index (χ2v) is 5.63. The maximum atomic E-state index is 12.2. The molecule has 1 aromatic carbocycles. The molecule has 1 fully saturated rings. The van der Waals surface area contributed by atoms with Gasteiger partial charge in [-0.25, -0.2) is 0 Å². The topological polar surface area (TPSA) is 66.4 Å². The van der Waals surface area contributed by atoms with E-state index in [4.69, 9.17) is 5.11 Å². The number of carboxylic acid groups (broad SMARTS) is 1. The van der Waals surface area contributed by atoms with E-state index in [2.05, 4.69) is 5.32 Å². The van der Waals surface area contributed by atoms with Crippen LogP contribution in [0, 0.1) is 18.8 Å². The third-order valence-corrected chi connectivity index (χ3v) is 4.17. The summed E-state index contributed by atoms with van der Waals surface area (Å²) in [5.74, 6) is -1.33. The molecule has 0 aromatic heterocycles. The van der Waals surface area contributed by atoms with E-state index in [-0.39, 0.29) is 23.8 Å². The van der Waals surface area contributed by atoms with Crippen molar-refractivity contribution < 1.29 is 14.7 Å². The van der Waals surface area contributed by atoms with Crippen LogP contribution < -0.4 is 5.32 Å². The van der Waals surface area contributed by atoms with Crippen molar-refractivity contribution in [2.24, 2.45) is 11.8 Å². The predicted molar refractivity (Wildman–Crippen MR) is 76.2 cm³/mol. The van der Waals surface area contributed by atoms with Gasteiger partial charge in [0.05, 0.1) is 12.0 Å². The molecule has 0 saturated heterocycles. The normalized spacial score (nSPS) is 23.3. The molecular formula is C16H21NO3. The smallest absolute Gasteiger partial charge is 0.306 e. The molecule has 3 atom stereocenters. The van der Waals surface area contributed by atoms with Crippen LogP contribution in [0.3, 0.4) is 0 Å². The van der Waals surface area contributed by atoms with Gasteiger partial charge in [-0.05, 0) is 44.2 Å². The number of hydrogen-bond acceptors (Lipinski definition) is 2. The average Bonchev–Trinajstić information content (AvgIpc) is 2.88. The van der Waals surface area contributed by atoms with Crippen LogP contribution in [0.25, 0.3) is 0 Å². The summed E-state index contributed by atoms with van der Waals surface area (Å²) < 4.78 is 0. The van der Waals surface area contributed by atoms with Crippen LogP contribution in [-0.4, -0.2) is 17.0 Å². The van der Waals surface area contributed by atoms with Crippen LogP contribution in [0.4, 0.5) is 0 Å². The summed E-state index contributed by atoms with van der Waals surface area (Å²) in [5, 5.41) is 12.0. The highest BCUT2D eigenvalue weighted by molar-refractivity contribution is 5.81. The molecule has 1 aliphatic rings. The van der Waals surface area contributed by atoms with Gasteiger partial charge in [0.2, 0.25) is 5.91 Å². The summed E-state index contributed by atoms with van der Waals surface area (Å²) in [4.78, 5) is 23.1. The van der Waals surface area contributed by atoms with Crippen molar-refractivity contribution in [3.05, 3.63) is 35.4 Å². The van der Waals surface area contributed by atoms with Gasteiger partial charge in [-0.15, -0.1) is 0 Å². The number of amides is 1.